The summed E-state index contributed by atoms with van der Waals surface area (Å²) in [5, 5.41) is 3.24. The molecule has 1 aromatic rings. The van der Waals surface area contributed by atoms with Gasteiger partial charge in [0.05, 0.1) is 0 Å². The van der Waals surface area contributed by atoms with E-state index in [0.29, 0.717) is 6.04 Å². The average Bonchev–Trinajstić information content (AvgIpc) is 1.97. The molecule has 12 heavy (non-hydrogen) atoms. The summed E-state index contributed by atoms with van der Waals surface area (Å²) >= 11 is 0. The third kappa shape index (κ3) is 1.55. The van der Waals surface area contributed by atoms with E-state index in [9.17, 15) is 4.39 Å². The number of hydrogen-bond acceptors (Lipinski definition) is 2. The van der Waals surface area contributed by atoms with E-state index in [1.807, 2.05) is 0 Å². The molecule has 0 unspecified atom stereocenters. The van der Waals surface area contributed by atoms with Gasteiger partial charge in [-0.3, -0.25) is 0 Å². The highest BCUT2D eigenvalue weighted by molar-refractivity contribution is 5.42. The molecule has 3 heteroatoms. The van der Waals surface area contributed by atoms with Crippen LogP contribution in [-0.2, 0) is 0 Å². The lowest BCUT2D eigenvalue weighted by Crippen LogP contribution is -2.26. The van der Waals surface area contributed by atoms with Crippen LogP contribution < -0.4 is 5.32 Å². The summed E-state index contributed by atoms with van der Waals surface area (Å²) in [6.07, 6.45) is 5.16. The van der Waals surface area contributed by atoms with Gasteiger partial charge in [0.2, 0.25) is 5.95 Å². The number of aromatic nitrogens is 1. The number of hydrogen-bond donors (Lipinski definition) is 1. The minimum Gasteiger partial charge on any atom is -0.382 e. The molecule has 64 valence electrons. The van der Waals surface area contributed by atoms with Crippen LogP contribution in [0, 0.1) is 5.95 Å². The Labute approximate surface area is 70.8 Å². The Morgan fingerprint density at radius 2 is 2.33 bits per heavy atom. The van der Waals surface area contributed by atoms with Crippen LogP contribution in [0.2, 0.25) is 0 Å². The van der Waals surface area contributed by atoms with Crippen LogP contribution in [0.5, 0.6) is 0 Å². The maximum Gasteiger partial charge on any atom is 0.214 e. The second-order valence-corrected chi connectivity index (χ2v) is 3.14. The van der Waals surface area contributed by atoms with E-state index in [0.717, 1.165) is 5.69 Å². The molecule has 2 nitrogen and oxygen atoms in total. The van der Waals surface area contributed by atoms with Gasteiger partial charge in [-0.15, -0.1) is 0 Å². The molecule has 1 aliphatic carbocycles. The molecule has 0 radical (unpaired) electrons. The Morgan fingerprint density at radius 1 is 1.50 bits per heavy atom. The molecule has 0 aromatic carbocycles. The lowest BCUT2D eigenvalue weighted by molar-refractivity contribution is 0.445. The van der Waals surface area contributed by atoms with Crippen LogP contribution in [0.3, 0.4) is 0 Å². The number of nitrogens with one attached hydrogen (secondary N) is 1. The van der Waals surface area contributed by atoms with Crippen LogP contribution in [0.1, 0.15) is 19.3 Å². The van der Waals surface area contributed by atoms with Gasteiger partial charge < -0.3 is 5.32 Å². The Hall–Kier alpha value is -1.12. The van der Waals surface area contributed by atoms with E-state index in [4.69, 9.17) is 0 Å². The molecule has 0 atom stereocenters. The molecule has 1 heterocycles. The third-order valence-corrected chi connectivity index (χ3v) is 2.20. The van der Waals surface area contributed by atoms with Gasteiger partial charge in [0.25, 0.3) is 0 Å². The van der Waals surface area contributed by atoms with E-state index >= 15 is 0 Å². The first-order chi connectivity index (χ1) is 5.84. The summed E-state index contributed by atoms with van der Waals surface area (Å²) in [7, 11) is 0. The highest BCUT2D eigenvalue weighted by atomic mass is 19.1. The summed E-state index contributed by atoms with van der Waals surface area (Å²) in [5.74, 6) is -0.417. The van der Waals surface area contributed by atoms with Gasteiger partial charge in [-0.05, 0) is 25.3 Å². The van der Waals surface area contributed by atoms with Gasteiger partial charge in [-0.1, -0.05) is 0 Å². The molecule has 0 spiro atoms. The zero-order valence-corrected chi connectivity index (χ0v) is 6.76. The van der Waals surface area contributed by atoms with Crippen molar-refractivity contribution >= 4 is 5.69 Å². The smallest absolute Gasteiger partial charge is 0.214 e. The largest absolute Gasteiger partial charge is 0.382 e. The third-order valence-electron chi connectivity index (χ3n) is 2.20. The maximum atomic E-state index is 12.6. The monoisotopic (exact) mass is 166 g/mol. The van der Waals surface area contributed by atoms with E-state index in [-0.39, 0.29) is 0 Å². The lowest BCUT2D eigenvalue weighted by atomic mass is 9.93. The molecular formula is C9H11FN2. The topological polar surface area (TPSA) is 24.9 Å². The van der Waals surface area contributed by atoms with Gasteiger partial charge >= 0.3 is 0 Å². The van der Waals surface area contributed by atoms with Gasteiger partial charge in [0.1, 0.15) is 0 Å². The van der Waals surface area contributed by atoms with Gasteiger partial charge in [-0.25, -0.2) is 4.98 Å². The summed E-state index contributed by atoms with van der Waals surface area (Å²) in [4.78, 5) is 3.48. The van der Waals surface area contributed by atoms with Crippen molar-refractivity contribution in [3.05, 3.63) is 24.3 Å². The van der Waals surface area contributed by atoms with Gasteiger partial charge in [0.15, 0.2) is 0 Å². The maximum absolute atomic E-state index is 12.6. The number of pyridine rings is 1. The van der Waals surface area contributed by atoms with Crippen LogP contribution in [0.15, 0.2) is 18.3 Å². The van der Waals surface area contributed by atoms with Crippen molar-refractivity contribution in [3.63, 3.8) is 0 Å². The predicted octanol–water partition coefficient (Wildman–Crippen LogP) is 2.19. The normalized spacial score (nSPS) is 17.1. The van der Waals surface area contributed by atoms with Crippen LogP contribution in [0.4, 0.5) is 10.1 Å². The molecule has 1 aromatic heterocycles. The fourth-order valence-corrected chi connectivity index (χ4v) is 1.28. The van der Waals surface area contributed by atoms with Crippen LogP contribution >= 0.6 is 0 Å². The summed E-state index contributed by atoms with van der Waals surface area (Å²) in [5.41, 5.74) is 0.840. The summed E-state index contributed by atoms with van der Waals surface area (Å²) < 4.78 is 12.6. The van der Waals surface area contributed by atoms with Crippen molar-refractivity contribution < 1.29 is 4.39 Å². The number of anilines is 1. The van der Waals surface area contributed by atoms with Crippen molar-refractivity contribution in [1.82, 2.24) is 4.98 Å². The Balaban J connectivity index is 2.02. The molecule has 1 fully saturated rings. The molecule has 0 aliphatic heterocycles. The molecule has 1 saturated carbocycles. The predicted molar refractivity (Wildman–Crippen MR) is 45.5 cm³/mol. The molecule has 0 bridgehead atoms. The minimum atomic E-state index is -0.417. The summed E-state index contributed by atoms with van der Waals surface area (Å²) in [6, 6.07) is 3.77. The number of nitrogens with zero attached hydrogens (tertiary/aromatic N) is 1. The SMILES string of the molecule is Fc1cc(NC2CCC2)ccn1. The highest BCUT2D eigenvalue weighted by Crippen LogP contribution is 2.22. The standard InChI is InChI=1S/C9H11FN2/c10-9-6-8(4-5-11-9)12-7-2-1-3-7/h4-7H,1-3H2,(H,11,12). The van der Waals surface area contributed by atoms with Crippen molar-refractivity contribution in [2.24, 2.45) is 0 Å². The number of rotatable bonds is 2. The van der Waals surface area contributed by atoms with E-state index in [2.05, 4.69) is 10.3 Å². The molecule has 0 amide bonds. The molecule has 1 N–H and O–H groups in total. The Morgan fingerprint density at radius 3 is 2.92 bits per heavy atom. The van der Waals surface area contributed by atoms with E-state index in [1.54, 1.807) is 6.07 Å². The van der Waals surface area contributed by atoms with Crippen LogP contribution in [0.25, 0.3) is 0 Å². The van der Waals surface area contributed by atoms with Gasteiger partial charge in [0, 0.05) is 24.0 Å². The zero-order chi connectivity index (χ0) is 8.39. The first kappa shape index (κ1) is 7.53. The average molecular weight is 166 g/mol. The molecule has 2 rings (SSSR count). The van der Waals surface area contributed by atoms with Crippen molar-refractivity contribution in [3.8, 4) is 0 Å². The highest BCUT2D eigenvalue weighted by Gasteiger charge is 2.16. The molecule has 0 saturated heterocycles. The summed E-state index contributed by atoms with van der Waals surface area (Å²) in [6.45, 7) is 0. The minimum absolute atomic E-state index is 0.417. The van der Waals surface area contributed by atoms with Crippen LogP contribution in [-0.4, -0.2) is 11.0 Å². The zero-order valence-electron chi connectivity index (χ0n) is 6.76. The number of halogens is 1. The van der Waals surface area contributed by atoms with Crippen molar-refractivity contribution in [2.75, 3.05) is 5.32 Å². The second-order valence-electron chi connectivity index (χ2n) is 3.14. The second kappa shape index (κ2) is 3.09. The van der Waals surface area contributed by atoms with Crippen molar-refractivity contribution in [1.29, 1.82) is 0 Å². The first-order valence-electron chi connectivity index (χ1n) is 4.23. The molecular weight excluding hydrogens is 155 g/mol. The van der Waals surface area contributed by atoms with E-state index < -0.39 is 5.95 Å². The van der Waals surface area contributed by atoms with Gasteiger partial charge in [-0.2, -0.15) is 4.39 Å². The fourth-order valence-electron chi connectivity index (χ4n) is 1.28. The first-order valence-corrected chi connectivity index (χ1v) is 4.23. The van der Waals surface area contributed by atoms with Crippen molar-refractivity contribution in [2.45, 2.75) is 25.3 Å². The van der Waals surface area contributed by atoms with E-state index in [1.165, 1.54) is 31.5 Å². The quantitative estimate of drug-likeness (QED) is 0.681. The lowest BCUT2D eigenvalue weighted by Gasteiger charge is -2.27. The Kier molecular flexibility index (Phi) is 1.94. The fraction of sp³-hybridized carbons (Fsp3) is 0.444. The Bertz CT molecular complexity index is 271. The molecule has 1 aliphatic rings.